The van der Waals surface area contributed by atoms with Gasteiger partial charge in [-0.25, -0.2) is 9.78 Å². The third-order valence-corrected chi connectivity index (χ3v) is 6.76. The fraction of sp³-hybridized carbons (Fsp3) is 0.533. The number of nitrogens with zero attached hydrogens (tertiary/aromatic N) is 3. The van der Waals surface area contributed by atoms with Crippen LogP contribution in [0.4, 0.5) is 5.13 Å². The third-order valence-electron chi connectivity index (χ3n) is 4.54. The van der Waals surface area contributed by atoms with Crippen LogP contribution >= 0.6 is 22.9 Å². The van der Waals surface area contributed by atoms with Gasteiger partial charge in [-0.1, -0.05) is 0 Å². The number of carbonyl (C=O) groups is 1. The normalized spacial score (nSPS) is 19.8. The van der Waals surface area contributed by atoms with Crippen LogP contribution < -0.4 is 4.90 Å². The smallest absolute Gasteiger partial charge is 0.345 e. The topological polar surface area (TPSA) is 75.6 Å². The molecular weight excluding hydrogens is 334 g/mol. The number of aromatic nitrogens is 2. The average Bonchev–Trinajstić information content (AvgIpc) is 3.15. The van der Waals surface area contributed by atoms with E-state index in [0.717, 1.165) is 53.7 Å². The van der Waals surface area contributed by atoms with Crippen molar-refractivity contribution in [2.75, 3.05) is 24.6 Å². The van der Waals surface area contributed by atoms with Gasteiger partial charge in [-0.05, 0) is 37.8 Å². The van der Waals surface area contributed by atoms with Gasteiger partial charge in [0.15, 0.2) is 0 Å². The number of aryl methyl sites for hydroxylation is 1. The first-order chi connectivity index (χ1) is 11.1. The second-order valence-electron chi connectivity index (χ2n) is 5.97. The molecule has 2 aromatic heterocycles. The molecule has 0 aromatic carbocycles. The average molecular weight is 351 g/mol. The molecule has 1 saturated heterocycles. The first-order valence-corrected chi connectivity index (χ1v) is 9.22. The van der Waals surface area contributed by atoms with Gasteiger partial charge >= 0.3 is 5.97 Å². The van der Waals surface area contributed by atoms with Crippen molar-refractivity contribution in [3.8, 4) is 0 Å². The number of carboxylic acids is 1. The number of carboxylic acid groups (broad SMARTS) is 1. The van der Waals surface area contributed by atoms with E-state index in [0.29, 0.717) is 11.5 Å². The quantitative estimate of drug-likeness (QED) is 0.896. The Morgan fingerprint density at radius 1 is 1.43 bits per heavy atom. The second-order valence-corrected chi connectivity index (χ2v) is 7.76. The number of piperidine rings is 1. The Labute approximate surface area is 141 Å². The number of thiophene rings is 1. The summed E-state index contributed by atoms with van der Waals surface area (Å²) in [4.78, 5) is 19.5. The summed E-state index contributed by atoms with van der Waals surface area (Å²) in [5, 5.41) is 10.2. The largest absolute Gasteiger partial charge is 0.477 e. The minimum absolute atomic E-state index is 0.317. The van der Waals surface area contributed by atoms with E-state index in [1.54, 1.807) is 0 Å². The van der Waals surface area contributed by atoms with Crippen molar-refractivity contribution in [2.45, 2.75) is 31.8 Å². The zero-order valence-corrected chi connectivity index (χ0v) is 14.4. The molecule has 0 bridgehead atoms. The third kappa shape index (κ3) is 2.54. The Hall–Kier alpha value is -1.51. The van der Waals surface area contributed by atoms with Gasteiger partial charge in [0.05, 0.1) is 6.61 Å². The van der Waals surface area contributed by atoms with E-state index in [1.165, 1.54) is 22.9 Å². The lowest BCUT2D eigenvalue weighted by Crippen LogP contribution is -2.46. The van der Waals surface area contributed by atoms with E-state index in [9.17, 15) is 9.90 Å². The molecule has 2 aliphatic rings. The van der Waals surface area contributed by atoms with E-state index in [2.05, 4.69) is 14.3 Å². The summed E-state index contributed by atoms with van der Waals surface area (Å²) in [7, 11) is 0. The number of fused-ring (bicyclic) bond motifs is 2. The van der Waals surface area contributed by atoms with Crippen molar-refractivity contribution >= 4 is 34.0 Å². The number of hydrogen-bond acceptors (Lipinski definition) is 7. The van der Waals surface area contributed by atoms with Crippen molar-refractivity contribution < 1.29 is 14.6 Å². The highest BCUT2D eigenvalue weighted by Gasteiger charge is 2.43. The molecule has 8 heteroatoms. The molecule has 4 heterocycles. The fourth-order valence-corrected chi connectivity index (χ4v) is 5.35. The van der Waals surface area contributed by atoms with Crippen LogP contribution in [0.15, 0.2) is 6.07 Å². The van der Waals surface area contributed by atoms with Crippen molar-refractivity contribution in [3.63, 3.8) is 0 Å². The van der Waals surface area contributed by atoms with Crippen LogP contribution in [-0.4, -0.2) is 40.1 Å². The summed E-state index contributed by atoms with van der Waals surface area (Å²) < 4.78 is 10.4. The Balaban J connectivity index is 1.58. The number of aromatic carboxylic acids is 1. The molecule has 2 aliphatic heterocycles. The van der Waals surface area contributed by atoms with Gasteiger partial charge in [-0.15, -0.1) is 11.3 Å². The molecule has 1 fully saturated rings. The minimum Gasteiger partial charge on any atom is -0.477 e. The van der Waals surface area contributed by atoms with Gasteiger partial charge < -0.3 is 14.7 Å². The molecule has 2 aromatic rings. The molecule has 1 N–H and O–H groups in total. The fourth-order valence-electron chi connectivity index (χ4n) is 3.37. The number of ether oxygens (including phenoxy) is 1. The molecule has 6 nitrogen and oxygen atoms in total. The molecule has 23 heavy (non-hydrogen) atoms. The lowest BCUT2D eigenvalue weighted by Gasteiger charge is -2.43. The summed E-state index contributed by atoms with van der Waals surface area (Å²) in [6, 6.07) is 1.83. The monoisotopic (exact) mass is 351 g/mol. The van der Waals surface area contributed by atoms with Crippen LogP contribution in [0.1, 0.15) is 38.8 Å². The van der Waals surface area contributed by atoms with Gasteiger partial charge in [0.2, 0.25) is 5.13 Å². The Morgan fingerprint density at radius 3 is 2.87 bits per heavy atom. The molecule has 122 valence electrons. The van der Waals surface area contributed by atoms with E-state index in [1.807, 2.05) is 13.0 Å². The van der Waals surface area contributed by atoms with Crippen LogP contribution in [-0.2, 0) is 16.8 Å². The summed E-state index contributed by atoms with van der Waals surface area (Å²) in [6.45, 7) is 4.28. The lowest BCUT2D eigenvalue weighted by molar-refractivity contribution is -0.0735. The molecule has 0 unspecified atom stereocenters. The summed E-state index contributed by atoms with van der Waals surface area (Å²) in [5.41, 5.74) is 0.834. The predicted octanol–water partition coefficient (Wildman–Crippen LogP) is 2.67. The zero-order valence-electron chi connectivity index (χ0n) is 12.7. The van der Waals surface area contributed by atoms with Crippen LogP contribution in [0.2, 0.25) is 0 Å². The van der Waals surface area contributed by atoms with Crippen molar-refractivity contribution in [1.82, 2.24) is 9.36 Å². The Bertz CT molecular complexity index is 747. The Morgan fingerprint density at radius 2 is 2.22 bits per heavy atom. The van der Waals surface area contributed by atoms with Gasteiger partial charge in [0.1, 0.15) is 16.3 Å². The van der Waals surface area contributed by atoms with E-state index in [-0.39, 0.29) is 5.60 Å². The molecular formula is C15H17N3O3S2. The molecule has 0 amide bonds. The van der Waals surface area contributed by atoms with Crippen LogP contribution in [0.5, 0.6) is 0 Å². The summed E-state index contributed by atoms with van der Waals surface area (Å²) in [6.07, 6.45) is 2.52. The first kappa shape index (κ1) is 15.0. The SMILES string of the molecule is Cc1nsc(N2CCC3(CC2)OCCc2cc(C(=O)O)sc23)n1. The molecule has 0 saturated carbocycles. The highest BCUT2D eigenvalue weighted by atomic mass is 32.1. The van der Waals surface area contributed by atoms with Crippen molar-refractivity contribution in [1.29, 1.82) is 0 Å². The van der Waals surface area contributed by atoms with E-state index < -0.39 is 5.97 Å². The van der Waals surface area contributed by atoms with Crippen LogP contribution in [0, 0.1) is 6.92 Å². The van der Waals surface area contributed by atoms with Crippen molar-refractivity contribution in [3.05, 3.63) is 27.2 Å². The lowest BCUT2D eigenvalue weighted by atomic mass is 9.85. The second kappa shape index (κ2) is 5.54. The number of anilines is 1. The predicted molar refractivity (Wildman–Crippen MR) is 88.7 cm³/mol. The maximum Gasteiger partial charge on any atom is 0.345 e. The van der Waals surface area contributed by atoms with E-state index >= 15 is 0 Å². The Kier molecular flexibility index (Phi) is 3.62. The highest BCUT2D eigenvalue weighted by molar-refractivity contribution is 7.14. The van der Waals surface area contributed by atoms with Gasteiger partial charge in [0.25, 0.3) is 0 Å². The molecule has 0 aliphatic carbocycles. The maximum atomic E-state index is 11.3. The maximum absolute atomic E-state index is 11.3. The van der Waals surface area contributed by atoms with Gasteiger partial charge in [-0.2, -0.15) is 4.37 Å². The molecule has 1 spiro atoms. The molecule has 0 radical (unpaired) electrons. The minimum atomic E-state index is -0.846. The van der Waals surface area contributed by atoms with Crippen molar-refractivity contribution in [2.24, 2.45) is 0 Å². The standard InChI is InChI=1S/C15H17N3O3S2/c1-9-16-14(23-17-9)18-5-3-15(4-6-18)12-10(2-7-21-15)8-11(22-12)13(19)20/h8H,2-7H2,1H3,(H,19,20). The summed E-state index contributed by atoms with van der Waals surface area (Å²) in [5.74, 6) is -0.0350. The molecule has 0 atom stereocenters. The van der Waals surface area contributed by atoms with Gasteiger partial charge in [0, 0.05) is 29.5 Å². The number of rotatable bonds is 2. The first-order valence-electron chi connectivity index (χ1n) is 7.63. The molecule has 4 rings (SSSR count). The number of hydrogen-bond donors (Lipinski definition) is 1. The zero-order chi connectivity index (χ0) is 16.0. The van der Waals surface area contributed by atoms with Crippen LogP contribution in [0.3, 0.4) is 0 Å². The summed E-state index contributed by atoms with van der Waals surface area (Å²) >= 11 is 2.82. The van der Waals surface area contributed by atoms with Gasteiger partial charge in [-0.3, -0.25) is 0 Å². The van der Waals surface area contributed by atoms with Crippen LogP contribution in [0.25, 0.3) is 0 Å². The highest BCUT2D eigenvalue weighted by Crippen LogP contribution is 2.46. The van der Waals surface area contributed by atoms with E-state index in [4.69, 9.17) is 4.74 Å².